The van der Waals surface area contributed by atoms with Crippen molar-refractivity contribution in [1.82, 2.24) is 10.3 Å². The molecular weight excluding hydrogens is 355 g/mol. The fourth-order valence-corrected chi connectivity index (χ4v) is 4.81. The summed E-state index contributed by atoms with van der Waals surface area (Å²) in [5.41, 5.74) is 1.48. The summed E-state index contributed by atoms with van der Waals surface area (Å²) in [6.07, 6.45) is 1.47. The topological polar surface area (TPSA) is 101 Å². The molecule has 8 heteroatoms. The monoisotopic (exact) mass is 378 g/mol. The van der Waals surface area contributed by atoms with E-state index >= 15 is 0 Å². The van der Waals surface area contributed by atoms with Gasteiger partial charge in [-0.05, 0) is 29.3 Å². The van der Waals surface area contributed by atoms with Crippen LogP contribution in [0.5, 0.6) is 5.75 Å². The van der Waals surface area contributed by atoms with E-state index in [0.29, 0.717) is 18.9 Å². The molecule has 3 atom stereocenters. The Kier molecular flexibility index (Phi) is 5.94. The number of hydrogen-bond donors (Lipinski definition) is 3. The van der Waals surface area contributed by atoms with Crippen molar-refractivity contribution in [1.29, 1.82) is 0 Å². The Labute approximate surface area is 151 Å². The summed E-state index contributed by atoms with van der Waals surface area (Å²) in [5.74, 6) is 0.715. The van der Waals surface area contributed by atoms with Crippen LogP contribution in [-0.4, -0.2) is 42.4 Å². The van der Waals surface area contributed by atoms with Crippen molar-refractivity contribution in [3.8, 4) is 5.75 Å². The second-order valence-corrected chi connectivity index (χ2v) is 8.81. The van der Waals surface area contributed by atoms with Gasteiger partial charge in [-0.15, -0.1) is 0 Å². The number of rotatable bonds is 6. The lowest BCUT2D eigenvalue weighted by Crippen LogP contribution is -2.43. The molecule has 2 heterocycles. The molecule has 0 aliphatic carbocycles. The fraction of sp³-hybridized carbons (Fsp3) is 0.389. The lowest BCUT2D eigenvalue weighted by molar-refractivity contribution is 0.0156. The molecule has 140 valence electrons. The number of methoxy groups -OCH3 is 1. The van der Waals surface area contributed by atoms with E-state index in [9.17, 15) is 14.3 Å². The zero-order valence-corrected chi connectivity index (χ0v) is 15.4. The van der Waals surface area contributed by atoms with E-state index in [-0.39, 0.29) is 30.0 Å². The first-order valence-electron chi connectivity index (χ1n) is 8.42. The maximum Gasteiger partial charge on any atom is 0.248 e. The van der Waals surface area contributed by atoms with Gasteiger partial charge in [-0.1, -0.05) is 12.1 Å². The normalized spacial score (nSPS) is 22.5. The standard InChI is InChI=1S/C18H23N2O5P/c1-24-15-4-2-13(3-5-15)11-26(22,23)12-16-9-20-17(10-25-16)14-6-7-19-18(21)8-14/h2-8,16-17,20H,9-12H2,1H3,(H,19,21)(H,22,23)/t16-,17+/m1/s1. The zero-order chi connectivity index (χ0) is 18.6. The van der Waals surface area contributed by atoms with Crippen LogP contribution in [0.15, 0.2) is 47.4 Å². The first-order valence-corrected chi connectivity index (χ1v) is 10.5. The van der Waals surface area contributed by atoms with Gasteiger partial charge in [0.2, 0.25) is 12.9 Å². The van der Waals surface area contributed by atoms with Crippen molar-refractivity contribution in [3.05, 3.63) is 64.1 Å². The minimum absolute atomic E-state index is 0.0896. The molecule has 2 aromatic rings. The molecule has 0 spiro atoms. The van der Waals surface area contributed by atoms with Gasteiger partial charge in [0.25, 0.3) is 0 Å². The molecule has 1 aliphatic heterocycles. The van der Waals surface area contributed by atoms with Crippen molar-refractivity contribution < 1.29 is 18.9 Å². The van der Waals surface area contributed by atoms with Crippen LogP contribution in [0.25, 0.3) is 0 Å². The minimum Gasteiger partial charge on any atom is -0.497 e. The summed E-state index contributed by atoms with van der Waals surface area (Å²) in [6.45, 7) is 0.821. The summed E-state index contributed by atoms with van der Waals surface area (Å²) < 4.78 is 23.4. The highest BCUT2D eigenvalue weighted by molar-refractivity contribution is 7.57. The van der Waals surface area contributed by atoms with Crippen LogP contribution in [0.4, 0.5) is 0 Å². The van der Waals surface area contributed by atoms with Gasteiger partial charge in [-0.3, -0.25) is 9.36 Å². The number of pyridine rings is 1. The van der Waals surface area contributed by atoms with Crippen molar-refractivity contribution in [2.24, 2.45) is 0 Å². The molecule has 3 rings (SSSR count). The number of H-pyrrole nitrogens is 1. The number of aromatic nitrogens is 1. The van der Waals surface area contributed by atoms with E-state index in [2.05, 4.69) is 10.3 Å². The van der Waals surface area contributed by atoms with Crippen LogP contribution < -0.4 is 15.6 Å². The zero-order valence-electron chi connectivity index (χ0n) is 14.6. The molecule has 0 amide bonds. The highest BCUT2D eigenvalue weighted by Crippen LogP contribution is 2.45. The predicted octanol–water partition coefficient (Wildman–Crippen LogP) is 1.88. The van der Waals surface area contributed by atoms with Gasteiger partial charge in [-0.25, -0.2) is 0 Å². The van der Waals surface area contributed by atoms with Crippen LogP contribution in [0.1, 0.15) is 17.2 Å². The minimum atomic E-state index is -3.37. The number of benzene rings is 1. The number of hydrogen-bond acceptors (Lipinski definition) is 5. The Hall–Kier alpha value is -1.92. The first-order chi connectivity index (χ1) is 12.4. The molecule has 1 fully saturated rings. The highest BCUT2D eigenvalue weighted by atomic mass is 31.2. The lowest BCUT2D eigenvalue weighted by Gasteiger charge is -2.31. The van der Waals surface area contributed by atoms with Gasteiger partial charge in [0.05, 0.1) is 32.0 Å². The molecule has 1 unspecified atom stereocenters. The van der Waals surface area contributed by atoms with Gasteiger partial charge in [0, 0.05) is 25.0 Å². The third-order valence-corrected chi connectivity index (χ3v) is 6.21. The Balaban J connectivity index is 1.54. The van der Waals surface area contributed by atoms with Crippen LogP contribution in [0.3, 0.4) is 0 Å². The number of morpholine rings is 1. The SMILES string of the molecule is COc1ccc(CP(=O)(O)C[C@H]2CN[C@H](c3cc[nH]c(=O)c3)CO2)cc1. The maximum absolute atomic E-state index is 12.6. The van der Waals surface area contributed by atoms with E-state index in [4.69, 9.17) is 9.47 Å². The van der Waals surface area contributed by atoms with Gasteiger partial charge in [-0.2, -0.15) is 0 Å². The first kappa shape index (κ1) is 18.9. The molecule has 0 bridgehead atoms. The number of aromatic amines is 1. The van der Waals surface area contributed by atoms with E-state index < -0.39 is 7.37 Å². The predicted molar refractivity (Wildman–Crippen MR) is 98.9 cm³/mol. The smallest absolute Gasteiger partial charge is 0.248 e. The average molecular weight is 378 g/mol. The van der Waals surface area contributed by atoms with Crippen LogP contribution >= 0.6 is 7.37 Å². The molecule has 1 saturated heterocycles. The van der Waals surface area contributed by atoms with E-state index in [1.165, 1.54) is 6.07 Å². The van der Waals surface area contributed by atoms with Gasteiger partial charge >= 0.3 is 0 Å². The average Bonchev–Trinajstić information content (AvgIpc) is 2.62. The van der Waals surface area contributed by atoms with Gasteiger partial charge < -0.3 is 24.7 Å². The molecule has 1 aliphatic rings. The van der Waals surface area contributed by atoms with Gasteiger partial charge in [0.1, 0.15) is 5.75 Å². The van der Waals surface area contributed by atoms with Crippen LogP contribution in [0.2, 0.25) is 0 Å². The fourth-order valence-electron chi connectivity index (χ4n) is 3.03. The Bertz CT molecular complexity index is 828. The summed E-state index contributed by atoms with van der Waals surface area (Å²) in [7, 11) is -1.79. The summed E-state index contributed by atoms with van der Waals surface area (Å²) >= 11 is 0. The third-order valence-electron chi connectivity index (χ3n) is 4.37. The highest BCUT2D eigenvalue weighted by Gasteiger charge is 2.29. The number of ether oxygens (including phenoxy) is 2. The summed E-state index contributed by atoms with van der Waals surface area (Å²) in [5, 5.41) is 3.29. The second-order valence-electron chi connectivity index (χ2n) is 6.44. The van der Waals surface area contributed by atoms with Crippen molar-refractivity contribution in [2.45, 2.75) is 18.3 Å². The molecule has 3 N–H and O–H groups in total. The quantitative estimate of drug-likeness (QED) is 0.664. The van der Waals surface area contributed by atoms with Crippen LogP contribution in [0, 0.1) is 0 Å². The summed E-state index contributed by atoms with van der Waals surface area (Å²) in [4.78, 5) is 24.3. The molecule has 1 aromatic heterocycles. The summed E-state index contributed by atoms with van der Waals surface area (Å²) in [6, 6.07) is 10.4. The molecular formula is C18H23N2O5P. The molecule has 0 saturated carbocycles. The maximum atomic E-state index is 12.6. The Morgan fingerprint density at radius 1 is 1.31 bits per heavy atom. The van der Waals surface area contributed by atoms with E-state index in [0.717, 1.165) is 11.1 Å². The molecule has 0 radical (unpaired) electrons. The van der Waals surface area contributed by atoms with Gasteiger partial charge in [0.15, 0.2) is 0 Å². The van der Waals surface area contributed by atoms with Crippen molar-refractivity contribution >= 4 is 7.37 Å². The molecule has 1 aromatic carbocycles. The van der Waals surface area contributed by atoms with Crippen molar-refractivity contribution in [2.75, 3.05) is 26.4 Å². The van der Waals surface area contributed by atoms with E-state index in [1.54, 1.807) is 37.6 Å². The number of nitrogens with one attached hydrogen (secondary N) is 2. The Morgan fingerprint density at radius 3 is 2.69 bits per heavy atom. The second kappa shape index (κ2) is 8.18. The van der Waals surface area contributed by atoms with Crippen molar-refractivity contribution in [3.63, 3.8) is 0 Å². The molecule has 26 heavy (non-hydrogen) atoms. The lowest BCUT2D eigenvalue weighted by atomic mass is 10.1. The molecule has 7 nitrogen and oxygen atoms in total. The van der Waals surface area contributed by atoms with Crippen LogP contribution in [-0.2, 0) is 15.5 Å². The van der Waals surface area contributed by atoms with E-state index in [1.807, 2.05) is 6.07 Å². The Morgan fingerprint density at radius 2 is 2.08 bits per heavy atom. The third kappa shape index (κ3) is 5.05. The largest absolute Gasteiger partial charge is 0.497 e.